The van der Waals surface area contributed by atoms with Crippen LogP contribution < -0.4 is 5.32 Å². The predicted molar refractivity (Wildman–Crippen MR) is 93.9 cm³/mol. The fourth-order valence-electron chi connectivity index (χ4n) is 2.93. The van der Waals surface area contributed by atoms with E-state index in [-0.39, 0.29) is 0 Å². The average Bonchev–Trinajstić information content (AvgIpc) is 2.78. The van der Waals surface area contributed by atoms with Gasteiger partial charge in [-0.25, -0.2) is 0 Å². The topological polar surface area (TPSA) is 17.8 Å². The van der Waals surface area contributed by atoms with Crippen molar-refractivity contribution < 1.29 is 0 Å². The Kier molecular flexibility index (Phi) is 3.25. The van der Waals surface area contributed by atoms with E-state index in [1.54, 1.807) is 0 Å². The van der Waals surface area contributed by atoms with Gasteiger partial charge in [-0.2, -0.15) is 0 Å². The van der Waals surface area contributed by atoms with Crippen molar-refractivity contribution >= 4 is 24.3 Å². The fraction of sp³-hybridized carbons (Fsp3) is 0.278. The summed E-state index contributed by atoms with van der Waals surface area (Å²) in [7, 11) is 0.617. The van der Waals surface area contributed by atoms with Gasteiger partial charge in [0.2, 0.25) is 0 Å². The molecule has 21 heavy (non-hydrogen) atoms. The normalized spacial score (nSPS) is 12.0. The molecule has 0 aliphatic rings. The van der Waals surface area contributed by atoms with Crippen LogP contribution >= 0.6 is 0 Å². The third-order valence-electron chi connectivity index (χ3n) is 4.04. The van der Waals surface area contributed by atoms with Crippen LogP contribution in [0.4, 0.5) is 0 Å². The number of pyridine rings is 1. The first-order valence-corrected chi connectivity index (χ1v) is 10.9. The Hall–Kier alpha value is -1.87. The van der Waals surface area contributed by atoms with Gasteiger partial charge in [0, 0.05) is 41.2 Å². The maximum absolute atomic E-state index is 4.73. The largest absolute Gasteiger partial charge is 0.351 e. The van der Waals surface area contributed by atoms with Gasteiger partial charge in [0.25, 0.3) is 0 Å². The minimum atomic E-state index is -1.47. The molecular formula is C18H22N2Si. The molecule has 2 nitrogen and oxygen atoms in total. The minimum absolute atomic E-state index is 1.27. The Morgan fingerprint density at radius 3 is 2.52 bits per heavy atom. The highest BCUT2D eigenvalue weighted by Gasteiger charge is 2.23. The van der Waals surface area contributed by atoms with Crippen LogP contribution in [0.1, 0.15) is 5.56 Å². The molecule has 0 saturated carbocycles. The number of nitrogens with zero attached hydrogens (tertiary/aromatic N) is 2. The van der Waals surface area contributed by atoms with E-state index in [9.17, 15) is 0 Å². The van der Waals surface area contributed by atoms with E-state index >= 15 is 0 Å². The monoisotopic (exact) mass is 294 g/mol. The lowest BCUT2D eigenvalue weighted by molar-refractivity contribution is 0.969. The molecule has 0 bridgehead atoms. The summed E-state index contributed by atoms with van der Waals surface area (Å²) < 4.78 is 2.16. The Morgan fingerprint density at radius 1 is 1.05 bits per heavy atom. The Labute approximate surface area is 127 Å². The molecular weight excluding hydrogens is 272 g/mol. The molecule has 0 spiro atoms. The van der Waals surface area contributed by atoms with Crippen LogP contribution in [0.25, 0.3) is 22.0 Å². The number of rotatable bonds is 2. The van der Waals surface area contributed by atoms with E-state index in [0.29, 0.717) is 0 Å². The van der Waals surface area contributed by atoms with Crippen LogP contribution in [0.5, 0.6) is 0 Å². The van der Waals surface area contributed by atoms with Crippen LogP contribution in [-0.4, -0.2) is 17.6 Å². The molecule has 3 rings (SSSR count). The molecule has 0 N–H and O–H groups in total. The van der Waals surface area contributed by atoms with Crippen molar-refractivity contribution in [2.45, 2.75) is 26.6 Å². The van der Waals surface area contributed by atoms with Gasteiger partial charge in [-0.3, -0.25) is 4.98 Å². The highest BCUT2D eigenvalue weighted by molar-refractivity contribution is 6.89. The SMILES string of the molecule is Cc1ccnc([Si](C)(C)C)c1-c1ccc2c(ccn2C)c1. The number of fused-ring (bicyclic) bond motifs is 1. The van der Waals surface area contributed by atoms with E-state index in [4.69, 9.17) is 4.98 Å². The van der Waals surface area contributed by atoms with E-state index in [1.165, 1.54) is 32.9 Å². The number of aryl methyl sites for hydroxylation is 2. The third kappa shape index (κ3) is 2.42. The quantitative estimate of drug-likeness (QED) is 0.651. The van der Waals surface area contributed by atoms with E-state index in [0.717, 1.165) is 0 Å². The molecule has 0 fully saturated rings. The summed E-state index contributed by atoms with van der Waals surface area (Å²) in [6.07, 6.45) is 4.07. The molecule has 3 aromatic rings. The molecule has 108 valence electrons. The zero-order valence-electron chi connectivity index (χ0n) is 13.4. The molecule has 0 amide bonds. The molecule has 0 atom stereocenters. The highest BCUT2D eigenvalue weighted by Crippen LogP contribution is 2.27. The first-order chi connectivity index (χ1) is 9.88. The molecule has 0 unspecified atom stereocenters. The van der Waals surface area contributed by atoms with Crippen LogP contribution in [0.2, 0.25) is 19.6 Å². The van der Waals surface area contributed by atoms with Crippen molar-refractivity contribution in [3.05, 3.63) is 48.3 Å². The number of hydrogen-bond acceptors (Lipinski definition) is 1. The lowest BCUT2D eigenvalue weighted by Crippen LogP contribution is -2.41. The van der Waals surface area contributed by atoms with Gasteiger partial charge in [-0.1, -0.05) is 25.7 Å². The van der Waals surface area contributed by atoms with Crippen LogP contribution in [-0.2, 0) is 7.05 Å². The summed E-state index contributed by atoms with van der Waals surface area (Å²) in [5.74, 6) is 0. The van der Waals surface area contributed by atoms with Gasteiger partial charge in [0.05, 0.1) is 0 Å². The summed E-state index contributed by atoms with van der Waals surface area (Å²) in [6.45, 7) is 9.27. The zero-order chi connectivity index (χ0) is 15.2. The highest BCUT2D eigenvalue weighted by atomic mass is 28.3. The summed E-state index contributed by atoms with van der Waals surface area (Å²) >= 11 is 0. The number of aromatic nitrogens is 2. The lowest BCUT2D eigenvalue weighted by atomic mass is 10.0. The number of benzene rings is 1. The maximum Gasteiger partial charge on any atom is 0.102 e. The van der Waals surface area contributed by atoms with Crippen LogP contribution in [0, 0.1) is 6.92 Å². The lowest BCUT2D eigenvalue weighted by Gasteiger charge is -2.21. The second kappa shape index (κ2) is 4.85. The Balaban J connectivity index is 2.27. The molecule has 2 heterocycles. The van der Waals surface area contributed by atoms with E-state index in [1.807, 2.05) is 6.20 Å². The predicted octanol–water partition coefficient (Wildman–Crippen LogP) is 4.09. The first-order valence-electron chi connectivity index (χ1n) is 7.39. The van der Waals surface area contributed by atoms with Crippen molar-refractivity contribution in [2.24, 2.45) is 7.05 Å². The van der Waals surface area contributed by atoms with Crippen molar-refractivity contribution in [1.82, 2.24) is 9.55 Å². The summed E-state index contributed by atoms with van der Waals surface area (Å²) in [5.41, 5.74) is 5.21. The van der Waals surface area contributed by atoms with Crippen molar-refractivity contribution in [2.75, 3.05) is 0 Å². The van der Waals surface area contributed by atoms with Gasteiger partial charge in [-0.15, -0.1) is 0 Å². The van der Waals surface area contributed by atoms with Crippen molar-refractivity contribution in [3.8, 4) is 11.1 Å². The summed E-state index contributed by atoms with van der Waals surface area (Å²) in [6, 6.07) is 11.0. The van der Waals surface area contributed by atoms with Gasteiger partial charge < -0.3 is 4.57 Å². The standard InChI is InChI=1S/C18H22N2Si/c1-13-8-10-19-18(21(3,4)5)17(13)15-6-7-16-14(12-15)9-11-20(16)2/h6-12H,1-5H3. The molecule has 1 aromatic carbocycles. The van der Waals surface area contributed by atoms with Gasteiger partial charge in [0.1, 0.15) is 8.07 Å². The number of hydrogen-bond donors (Lipinski definition) is 0. The molecule has 3 heteroatoms. The first kappa shape index (κ1) is 14.1. The van der Waals surface area contributed by atoms with Crippen molar-refractivity contribution in [1.29, 1.82) is 0 Å². The minimum Gasteiger partial charge on any atom is -0.351 e. The van der Waals surface area contributed by atoms with Crippen LogP contribution in [0.3, 0.4) is 0 Å². The van der Waals surface area contributed by atoms with E-state index < -0.39 is 8.07 Å². The molecule has 0 aliphatic carbocycles. The zero-order valence-corrected chi connectivity index (χ0v) is 14.4. The summed E-state index contributed by atoms with van der Waals surface area (Å²) in [5, 5.41) is 2.59. The maximum atomic E-state index is 4.73. The van der Waals surface area contributed by atoms with Gasteiger partial charge in [-0.05, 0) is 42.3 Å². The second-order valence-corrected chi connectivity index (χ2v) is 11.8. The Morgan fingerprint density at radius 2 is 1.81 bits per heavy atom. The molecule has 0 aliphatic heterocycles. The smallest absolute Gasteiger partial charge is 0.102 e. The molecule has 0 radical (unpaired) electrons. The van der Waals surface area contributed by atoms with Crippen molar-refractivity contribution in [3.63, 3.8) is 0 Å². The third-order valence-corrected chi connectivity index (χ3v) is 5.84. The molecule has 0 saturated heterocycles. The van der Waals surface area contributed by atoms with Gasteiger partial charge >= 0.3 is 0 Å². The fourth-order valence-corrected chi connectivity index (χ4v) is 4.48. The van der Waals surface area contributed by atoms with Crippen LogP contribution in [0.15, 0.2) is 42.7 Å². The Bertz CT molecular complexity index is 810. The second-order valence-electron chi connectivity index (χ2n) is 6.80. The summed E-state index contributed by atoms with van der Waals surface area (Å²) in [4.78, 5) is 4.73. The average molecular weight is 294 g/mol. The van der Waals surface area contributed by atoms with Gasteiger partial charge in [0.15, 0.2) is 0 Å². The van der Waals surface area contributed by atoms with E-state index in [2.05, 4.69) is 74.7 Å². The molecule has 2 aromatic heterocycles.